The molecule has 2 aromatic rings. The van der Waals surface area contributed by atoms with Crippen LogP contribution in [0.2, 0.25) is 0 Å². The Balaban J connectivity index is 2.07. The van der Waals surface area contributed by atoms with E-state index in [1.54, 1.807) is 18.2 Å². The molecular formula is C16H18N2O5. The second kappa shape index (κ2) is 7.46. The smallest absolute Gasteiger partial charge is 0.252 e. The number of ether oxygens (including phenoxy) is 2. The number of hydrogen-bond donors (Lipinski definition) is 3. The van der Waals surface area contributed by atoms with Gasteiger partial charge in [-0.2, -0.15) is 0 Å². The fraction of sp³-hybridized carbons (Fsp3) is 0.250. The highest BCUT2D eigenvalue weighted by Gasteiger charge is 2.16. The number of aromatic nitrogens is 1. The van der Waals surface area contributed by atoms with Gasteiger partial charge in [0.15, 0.2) is 0 Å². The summed E-state index contributed by atoms with van der Waals surface area (Å²) in [5.74, 6) is 0.672. The number of carbonyl (C=O) groups is 1. The van der Waals surface area contributed by atoms with Crippen LogP contribution in [0.4, 0.5) is 0 Å². The lowest BCUT2D eigenvalue weighted by Gasteiger charge is -2.16. The normalized spacial score (nSPS) is 11.6. The summed E-state index contributed by atoms with van der Waals surface area (Å²) in [5, 5.41) is 12.9. The van der Waals surface area contributed by atoms with Gasteiger partial charge in [-0.1, -0.05) is 0 Å². The summed E-state index contributed by atoms with van der Waals surface area (Å²) in [5.41, 5.74) is 0.519. The van der Waals surface area contributed by atoms with Gasteiger partial charge in [0.2, 0.25) is 5.56 Å². The molecule has 23 heavy (non-hydrogen) atoms. The first-order valence-electron chi connectivity index (χ1n) is 6.92. The van der Waals surface area contributed by atoms with Crippen LogP contribution < -0.4 is 20.3 Å². The summed E-state index contributed by atoms with van der Waals surface area (Å²) in [6, 6.07) is 7.72. The molecule has 2 rings (SSSR count). The number of aromatic amines is 1. The molecule has 7 nitrogen and oxygen atoms in total. The molecule has 1 amide bonds. The highest BCUT2D eigenvalue weighted by molar-refractivity contribution is 5.93. The van der Waals surface area contributed by atoms with E-state index in [0.29, 0.717) is 22.6 Å². The van der Waals surface area contributed by atoms with E-state index in [1.165, 1.54) is 32.5 Å². The van der Waals surface area contributed by atoms with E-state index in [2.05, 4.69) is 10.3 Å². The average Bonchev–Trinajstić information content (AvgIpc) is 2.59. The number of aliphatic hydroxyl groups is 1. The third-order valence-electron chi connectivity index (χ3n) is 3.30. The quantitative estimate of drug-likeness (QED) is 0.733. The number of carbonyl (C=O) groups excluding carboxylic acids is 1. The number of hydrogen-bond acceptors (Lipinski definition) is 5. The highest BCUT2D eigenvalue weighted by Crippen LogP contribution is 2.29. The Labute approximate surface area is 132 Å². The van der Waals surface area contributed by atoms with Gasteiger partial charge in [-0.05, 0) is 24.3 Å². The minimum Gasteiger partial charge on any atom is -0.497 e. The van der Waals surface area contributed by atoms with Crippen LogP contribution in [0.3, 0.4) is 0 Å². The number of nitrogens with one attached hydrogen (secondary N) is 2. The minimum atomic E-state index is -0.966. The fourth-order valence-corrected chi connectivity index (χ4v) is 2.05. The maximum absolute atomic E-state index is 12.0. The average molecular weight is 318 g/mol. The lowest BCUT2D eigenvalue weighted by Crippen LogP contribution is -2.29. The molecule has 0 fully saturated rings. The summed E-state index contributed by atoms with van der Waals surface area (Å²) >= 11 is 0. The molecule has 7 heteroatoms. The van der Waals surface area contributed by atoms with E-state index in [-0.39, 0.29) is 12.1 Å². The zero-order valence-electron chi connectivity index (χ0n) is 12.8. The van der Waals surface area contributed by atoms with Crippen molar-refractivity contribution in [3.05, 3.63) is 58.0 Å². The Hall–Kier alpha value is -2.80. The molecule has 1 aromatic carbocycles. The molecule has 0 aliphatic heterocycles. The molecule has 1 heterocycles. The first-order valence-corrected chi connectivity index (χ1v) is 6.92. The number of aliphatic hydroxyl groups excluding tert-OH is 1. The van der Waals surface area contributed by atoms with Crippen LogP contribution in [0.1, 0.15) is 22.0 Å². The van der Waals surface area contributed by atoms with Gasteiger partial charge in [-0.15, -0.1) is 0 Å². The summed E-state index contributed by atoms with van der Waals surface area (Å²) in [6.07, 6.45) is 0.350. The van der Waals surface area contributed by atoms with Crippen LogP contribution in [0.15, 0.2) is 41.3 Å². The third kappa shape index (κ3) is 4.10. The van der Waals surface area contributed by atoms with Crippen LogP contribution in [0, 0.1) is 0 Å². The van der Waals surface area contributed by atoms with Crippen molar-refractivity contribution in [1.82, 2.24) is 10.3 Å². The summed E-state index contributed by atoms with van der Waals surface area (Å²) in [6.45, 7) is -0.0124. The Bertz CT molecular complexity index is 721. The van der Waals surface area contributed by atoms with E-state index in [1.807, 2.05) is 0 Å². The van der Waals surface area contributed by atoms with E-state index < -0.39 is 12.0 Å². The van der Waals surface area contributed by atoms with Crippen molar-refractivity contribution in [2.45, 2.75) is 6.10 Å². The Morgan fingerprint density at radius 3 is 2.65 bits per heavy atom. The largest absolute Gasteiger partial charge is 0.497 e. The van der Waals surface area contributed by atoms with Gasteiger partial charge in [-0.25, -0.2) is 0 Å². The third-order valence-corrected chi connectivity index (χ3v) is 3.30. The molecule has 0 aliphatic rings. The van der Waals surface area contributed by atoms with Crippen LogP contribution >= 0.6 is 0 Å². The SMILES string of the molecule is COc1ccc(OC)c(C(O)CNC(=O)c2ccc(=O)[nH]c2)c1. The van der Waals surface area contributed by atoms with E-state index in [4.69, 9.17) is 9.47 Å². The highest BCUT2D eigenvalue weighted by atomic mass is 16.5. The maximum atomic E-state index is 12.0. The van der Waals surface area contributed by atoms with Crippen LogP contribution in [-0.2, 0) is 0 Å². The van der Waals surface area contributed by atoms with Crippen molar-refractivity contribution in [3.8, 4) is 11.5 Å². The van der Waals surface area contributed by atoms with Gasteiger partial charge < -0.3 is 24.9 Å². The molecule has 0 radical (unpaired) electrons. The van der Waals surface area contributed by atoms with Gasteiger partial charge in [0.25, 0.3) is 5.91 Å². The maximum Gasteiger partial charge on any atom is 0.252 e. The first-order chi connectivity index (χ1) is 11.0. The Morgan fingerprint density at radius 2 is 2.04 bits per heavy atom. The van der Waals surface area contributed by atoms with Crippen LogP contribution in [0.5, 0.6) is 11.5 Å². The molecule has 122 valence electrons. The van der Waals surface area contributed by atoms with E-state index in [0.717, 1.165) is 0 Å². The Morgan fingerprint density at radius 1 is 1.26 bits per heavy atom. The molecule has 0 saturated heterocycles. The molecule has 0 aliphatic carbocycles. The van der Waals surface area contributed by atoms with Crippen molar-refractivity contribution >= 4 is 5.91 Å². The monoisotopic (exact) mass is 318 g/mol. The second-order valence-corrected chi connectivity index (χ2v) is 4.78. The molecule has 1 atom stereocenters. The first kappa shape index (κ1) is 16.6. The van der Waals surface area contributed by atoms with Gasteiger partial charge in [0.1, 0.15) is 17.6 Å². The number of rotatable bonds is 6. The summed E-state index contributed by atoms with van der Waals surface area (Å²) in [7, 11) is 3.02. The molecule has 3 N–H and O–H groups in total. The van der Waals surface area contributed by atoms with Crippen molar-refractivity contribution in [2.75, 3.05) is 20.8 Å². The van der Waals surface area contributed by atoms with Crippen molar-refractivity contribution in [3.63, 3.8) is 0 Å². The zero-order valence-corrected chi connectivity index (χ0v) is 12.8. The van der Waals surface area contributed by atoms with Gasteiger partial charge in [-0.3, -0.25) is 9.59 Å². The molecular weight excluding hydrogens is 300 g/mol. The number of pyridine rings is 1. The van der Waals surface area contributed by atoms with Crippen LogP contribution in [0.25, 0.3) is 0 Å². The van der Waals surface area contributed by atoms with Crippen molar-refractivity contribution in [2.24, 2.45) is 0 Å². The van der Waals surface area contributed by atoms with E-state index in [9.17, 15) is 14.7 Å². The Kier molecular flexibility index (Phi) is 5.37. The van der Waals surface area contributed by atoms with Gasteiger partial charge in [0.05, 0.1) is 19.8 Å². The topological polar surface area (TPSA) is 101 Å². The number of H-pyrrole nitrogens is 1. The minimum absolute atomic E-state index is 0.0124. The second-order valence-electron chi connectivity index (χ2n) is 4.78. The lowest BCUT2D eigenvalue weighted by molar-refractivity contribution is 0.0914. The number of methoxy groups -OCH3 is 2. The molecule has 1 aromatic heterocycles. The fourth-order valence-electron chi connectivity index (χ4n) is 2.05. The zero-order chi connectivity index (χ0) is 16.8. The van der Waals surface area contributed by atoms with Crippen LogP contribution in [-0.4, -0.2) is 36.8 Å². The molecule has 0 bridgehead atoms. The lowest BCUT2D eigenvalue weighted by atomic mass is 10.1. The predicted octanol–water partition coefficient (Wildman–Crippen LogP) is 0.855. The van der Waals surface area contributed by atoms with Crippen molar-refractivity contribution < 1.29 is 19.4 Å². The van der Waals surface area contributed by atoms with Gasteiger partial charge >= 0.3 is 0 Å². The standard InChI is InChI=1S/C16H18N2O5/c1-22-11-4-5-14(23-2)12(7-11)13(19)9-18-16(21)10-3-6-15(20)17-8-10/h3-8,13,19H,9H2,1-2H3,(H,17,20)(H,18,21). The predicted molar refractivity (Wildman–Crippen MR) is 83.9 cm³/mol. The van der Waals surface area contributed by atoms with Gasteiger partial charge in [0, 0.05) is 24.4 Å². The van der Waals surface area contributed by atoms with Crippen molar-refractivity contribution in [1.29, 1.82) is 0 Å². The summed E-state index contributed by atoms with van der Waals surface area (Å²) in [4.78, 5) is 25.4. The summed E-state index contributed by atoms with van der Waals surface area (Å²) < 4.78 is 10.3. The number of benzene rings is 1. The molecule has 0 saturated carbocycles. The molecule has 0 spiro atoms. The van der Waals surface area contributed by atoms with E-state index >= 15 is 0 Å². The number of amides is 1. The molecule has 1 unspecified atom stereocenters.